The monoisotopic (exact) mass is 364 g/mol. The summed E-state index contributed by atoms with van der Waals surface area (Å²) >= 11 is 0. The fraction of sp³-hybridized carbons (Fsp3) is 0.391. The third kappa shape index (κ3) is 5.19. The lowest BCUT2D eigenvalue weighted by Crippen LogP contribution is -2.38. The summed E-state index contributed by atoms with van der Waals surface area (Å²) in [6.07, 6.45) is 1.47. The molecule has 0 bridgehead atoms. The van der Waals surface area contributed by atoms with Crippen molar-refractivity contribution < 1.29 is 9.59 Å². The van der Waals surface area contributed by atoms with Crippen LogP contribution in [0.1, 0.15) is 31.4 Å². The maximum Gasteiger partial charge on any atom is 0.227 e. The Kier molecular flexibility index (Phi) is 6.28. The minimum Gasteiger partial charge on any atom is -0.356 e. The molecule has 1 fully saturated rings. The van der Waals surface area contributed by atoms with Crippen LogP contribution < -0.4 is 5.32 Å². The summed E-state index contributed by atoms with van der Waals surface area (Å²) in [5.41, 5.74) is 2.32. The Morgan fingerprint density at radius 2 is 1.56 bits per heavy atom. The average molecular weight is 364 g/mol. The van der Waals surface area contributed by atoms with E-state index in [1.807, 2.05) is 67.3 Å². The Labute approximate surface area is 161 Å². The predicted octanol–water partition coefficient (Wildman–Crippen LogP) is 3.42. The number of carbonyl (C=O) groups is 2. The quantitative estimate of drug-likeness (QED) is 0.780. The summed E-state index contributed by atoms with van der Waals surface area (Å²) in [5, 5.41) is 2.99. The van der Waals surface area contributed by atoms with Crippen molar-refractivity contribution in [3.8, 4) is 0 Å². The summed E-state index contributed by atoms with van der Waals surface area (Å²) < 4.78 is 0. The van der Waals surface area contributed by atoms with Gasteiger partial charge in [-0.25, -0.2) is 0 Å². The molecule has 0 radical (unpaired) electrons. The molecule has 1 aliphatic carbocycles. The van der Waals surface area contributed by atoms with Crippen molar-refractivity contribution >= 4 is 11.8 Å². The van der Waals surface area contributed by atoms with E-state index in [1.165, 1.54) is 5.56 Å². The second-order valence-corrected chi connectivity index (χ2v) is 7.52. The molecule has 3 rings (SSSR count). The first-order valence-electron chi connectivity index (χ1n) is 9.72. The molecule has 2 atom stereocenters. The molecule has 1 aliphatic rings. The summed E-state index contributed by atoms with van der Waals surface area (Å²) in [7, 11) is 0. The smallest absolute Gasteiger partial charge is 0.227 e. The van der Waals surface area contributed by atoms with E-state index in [0.717, 1.165) is 12.0 Å². The van der Waals surface area contributed by atoms with Crippen molar-refractivity contribution in [3.63, 3.8) is 0 Å². The fourth-order valence-electron chi connectivity index (χ4n) is 3.37. The third-order valence-corrected chi connectivity index (χ3v) is 5.10. The largest absolute Gasteiger partial charge is 0.356 e. The minimum absolute atomic E-state index is 0.00713. The van der Waals surface area contributed by atoms with E-state index >= 15 is 0 Å². The van der Waals surface area contributed by atoms with E-state index in [-0.39, 0.29) is 29.7 Å². The highest BCUT2D eigenvalue weighted by atomic mass is 16.2. The number of rotatable bonds is 8. The van der Waals surface area contributed by atoms with Gasteiger partial charge in [-0.1, -0.05) is 60.7 Å². The lowest BCUT2D eigenvalue weighted by atomic mass is 10.1. The van der Waals surface area contributed by atoms with Gasteiger partial charge in [-0.05, 0) is 37.8 Å². The first kappa shape index (κ1) is 19.2. The molecule has 1 N–H and O–H groups in total. The highest BCUT2D eigenvalue weighted by Gasteiger charge is 2.49. The molecule has 0 aromatic heterocycles. The zero-order valence-electron chi connectivity index (χ0n) is 16.1. The van der Waals surface area contributed by atoms with Crippen molar-refractivity contribution in [2.45, 2.75) is 39.3 Å². The molecule has 2 aromatic rings. The van der Waals surface area contributed by atoms with E-state index in [0.29, 0.717) is 19.5 Å². The Hall–Kier alpha value is -2.62. The number of amides is 2. The average Bonchev–Trinajstić information content (AvgIpc) is 3.48. The number of carbonyl (C=O) groups excluding carboxylic acids is 2. The summed E-state index contributed by atoms with van der Waals surface area (Å²) in [6.45, 7) is 5.25. The van der Waals surface area contributed by atoms with E-state index in [4.69, 9.17) is 0 Å². The van der Waals surface area contributed by atoms with E-state index in [9.17, 15) is 9.59 Å². The van der Waals surface area contributed by atoms with Gasteiger partial charge in [-0.3, -0.25) is 9.59 Å². The minimum atomic E-state index is -0.176. The van der Waals surface area contributed by atoms with Crippen molar-refractivity contribution in [3.05, 3.63) is 71.8 Å². The van der Waals surface area contributed by atoms with Crippen LogP contribution in [0, 0.1) is 11.8 Å². The molecular formula is C23H28N2O2. The molecule has 0 spiro atoms. The third-order valence-electron chi connectivity index (χ3n) is 5.10. The normalized spacial score (nSPS) is 18.2. The number of nitrogens with zero attached hydrogens (tertiary/aromatic N) is 1. The van der Waals surface area contributed by atoms with Gasteiger partial charge in [0.15, 0.2) is 0 Å². The van der Waals surface area contributed by atoms with Crippen LogP contribution in [0.15, 0.2) is 60.7 Å². The first-order valence-corrected chi connectivity index (χ1v) is 9.72. The molecule has 142 valence electrons. The van der Waals surface area contributed by atoms with Crippen LogP contribution in [-0.4, -0.2) is 29.3 Å². The van der Waals surface area contributed by atoms with Crippen LogP contribution in [0.25, 0.3) is 0 Å². The SMILES string of the molecule is CC(C)N(Cc1ccccc1)C(=O)C1CC1C(=O)NCCc1ccccc1. The van der Waals surface area contributed by atoms with Gasteiger partial charge in [0.2, 0.25) is 11.8 Å². The number of benzene rings is 2. The van der Waals surface area contributed by atoms with Crippen molar-refractivity contribution in [2.75, 3.05) is 6.54 Å². The van der Waals surface area contributed by atoms with Crippen LogP contribution in [-0.2, 0) is 22.6 Å². The van der Waals surface area contributed by atoms with Gasteiger partial charge in [-0.15, -0.1) is 0 Å². The molecule has 2 unspecified atom stereocenters. The maximum absolute atomic E-state index is 12.9. The summed E-state index contributed by atoms with van der Waals surface area (Å²) in [4.78, 5) is 27.2. The molecule has 0 aliphatic heterocycles. The van der Waals surface area contributed by atoms with Gasteiger partial charge in [0.25, 0.3) is 0 Å². The number of hydrogen-bond donors (Lipinski definition) is 1. The lowest BCUT2D eigenvalue weighted by molar-refractivity contribution is -0.136. The van der Waals surface area contributed by atoms with Crippen LogP contribution in [0.2, 0.25) is 0 Å². The van der Waals surface area contributed by atoms with Gasteiger partial charge in [0, 0.05) is 19.1 Å². The molecular weight excluding hydrogens is 336 g/mol. The van der Waals surface area contributed by atoms with E-state index in [1.54, 1.807) is 0 Å². The summed E-state index contributed by atoms with van der Waals surface area (Å²) in [5.74, 6) is -0.247. The van der Waals surface area contributed by atoms with Crippen LogP contribution in [0.5, 0.6) is 0 Å². The van der Waals surface area contributed by atoms with Crippen molar-refractivity contribution in [1.29, 1.82) is 0 Å². The molecule has 0 saturated heterocycles. The topological polar surface area (TPSA) is 49.4 Å². The lowest BCUT2D eigenvalue weighted by Gasteiger charge is -2.27. The van der Waals surface area contributed by atoms with Crippen LogP contribution in [0.3, 0.4) is 0 Å². The Morgan fingerprint density at radius 3 is 2.15 bits per heavy atom. The molecule has 4 nitrogen and oxygen atoms in total. The zero-order valence-corrected chi connectivity index (χ0v) is 16.1. The zero-order chi connectivity index (χ0) is 19.2. The van der Waals surface area contributed by atoms with Gasteiger partial charge in [0.1, 0.15) is 0 Å². The van der Waals surface area contributed by atoms with E-state index in [2.05, 4.69) is 17.4 Å². The molecule has 27 heavy (non-hydrogen) atoms. The van der Waals surface area contributed by atoms with Crippen LogP contribution >= 0.6 is 0 Å². The van der Waals surface area contributed by atoms with Crippen molar-refractivity contribution in [2.24, 2.45) is 11.8 Å². The highest BCUT2D eigenvalue weighted by Crippen LogP contribution is 2.40. The molecule has 1 saturated carbocycles. The van der Waals surface area contributed by atoms with Gasteiger partial charge in [0.05, 0.1) is 11.8 Å². The Bertz CT molecular complexity index is 758. The summed E-state index contributed by atoms with van der Waals surface area (Å²) in [6, 6.07) is 20.2. The first-order chi connectivity index (χ1) is 13.1. The van der Waals surface area contributed by atoms with Crippen molar-refractivity contribution in [1.82, 2.24) is 10.2 Å². The predicted molar refractivity (Wildman–Crippen MR) is 107 cm³/mol. The molecule has 2 aromatic carbocycles. The van der Waals surface area contributed by atoms with Gasteiger partial charge < -0.3 is 10.2 Å². The second kappa shape index (κ2) is 8.85. The number of nitrogens with one attached hydrogen (secondary N) is 1. The van der Waals surface area contributed by atoms with Gasteiger partial charge >= 0.3 is 0 Å². The fourth-order valence-corrected chi connectivity index (χ4v) is 3.37. The van der Waals surface area contributed by atoms with Gasteiger partial charge in [-0.2, -0.15) is 0 Å². The Morgan fingerprint density at radius 1 is 0.963 bits per heavy atom. The van der Waals surface area contributed by atoms with E-state index < -0.39 is 0 Å². The number of hydrogen-bond acceptors (Lipinski definition) is 2. The second-order valence-electron chi connectivity index (χ2n) is 7.52. The Balaban J connectivity index is 1.49. The molecule has 2 amide bonds. The standard InChI is InChI=1S/C23H28N2O2/c1-17(2)25(16-19-11-7-4-8-12-19)23(27)21-15-20(21)22(26)24-14-13-18-9-5-3-6-10-18/h3-12,17,20-21H,13-16H2,1-2H3,(H,24,26). The highest BCUT2D eigenvalue weighted by molar-refractivity contribution is 5.92. The van der Waals surface area contributed by atoms with Crippen LogP contribution in [0.4, 0.5) is 0 Å². The molecule has 4 heteroatoms. The molecule has 0 heterocycles. The maximum atomic E-state index is 12.9.